The number of nitrogens with two attached hydrogens (primary N) is 1. The molecule has 13 nitrogen and oxygen atoms in total. The summed E-state index contributed by atoms with van der Waals surface area (Å²) >= 11 is 0. The van der Waals surface area contributed by atoms with E-state index in [4.69, 9.17) is 5.73 Å². The van der Waals surface area contributed by atoms with E-state index in [1.54, 1.807) is 39.1 Å². The Morgan fingerprint density at radius 2 is 1.77 bits per heavy atom. The molecule has 2 heterocycles. The number of nitrogens with one attached hydrogen (secondary N) is 3. The average molecular weight is 556 g/mol. The van der Waals surface area contributed by atoms with Crippen LogP contribution in [0, 0.1) is 5.92 Å². The number of carbonyl (C=O) groups excluding carboxylic acids is 5. The van der Waals surface area contributed by atoms with Crippen molar-refractivity contribution in [1.29, 1.82) is 0 Å². The van der Waals surface area contributed by atoms with Crippen molar-refractivity contribution in [2.45, 2.75) is 64.7 Å². The Bertz CT molecular complexity index is 1210. The lowest BCUT2D eigenvalue weighted by Crippen LogP contribution is -2.66. The van der Waals surface area contributed by atoms with Crippen molar-refractivity contribution in [2.75, 3.05) is 13.1 Å². The number of rotatable bonds is 11. The van der Waals surface area contributed by atoms with Gasteiger partial charge in [0.15, 0.2) is 0 Å². The van der Waals surface area contributed by atoms with Crippen LogP contribution in [0.4, 0.5) is 0 Å². The van der Waals surface area contributed by atoms with Gasteiger partial charge in [-0.05, 0) is 30.5 Å². The van der Waals surface area contributed by atoms with Crippen LogP contribution in [0.5, 0.6) is 5.75 Å². The number of phenolic OH excluding ortho intramolecular Hbond substituents is 1. The molecule has 13 heteroatoms. The summed E-state index contributed by atoms with van der Waals surface area (Å²) < 4.78 is 0. The van der Waals surface area contributed by atoms with Gasteiger partial charge in [0.05, 0.1) is 6.33 Å². The number of piperazine rings is 1. The van der Waals surface area contributed by atoms with E-state index >= 15 is 0 Å². The van der Waals surface area contributed by atoms with E-state index < -0.39 is 47.8 Å². The first-order chi connectivity index (χ1) is 18.9. The maximum Gasteiger partial charge on any atom is 0.246 e. The molecule has 2 aromatic rings. The van der Waals surface area contributed by atoms with Crippen molar-refractivity contribution in [2.24, 2.45) is 11.7 Å². The molecule has 216 valence electrons. The van der Waals surface area contributed by atoms with Crippen LogP contribution in [-0.4, -0.2) is 91.7 Å². The van der Waals surface area contributed by atoms with Crippen molar-refractivity contribution in [3.63, 3.8) is 0 Å². The number of aromatic amines is 1. The van der Waals surface area contributed by atoms with Crippen LogP contribution in [0.1, 0.15) is 39.0 Å². The highest BCUT2D eigenvalue weighted by atomic mass is 16.3. The first-order valence-electron chi connectivity index (χ1n) is 13.1. The highest BCUT2D eigenvalue weighted by Crippen LogP contribution is 2.21. The fourth-order valence-electron chi connectivity index (χ4n) is 4.88. The summed E-state index contributed by atoms with van der Waals surface area (Å²) in [6.45, 7) is 6.70. The second kappa shape index (κ2) is 13.1. The Morgan fingerprint density at radius 1 is 1.10 bits per heavy atom. The van der Waals surface area contributed by atoms with Gasteiger partial charge >= 0.3 is 0 Å². The van der Waals surface area contributed by atoms with Crippen LogP contribution in [0.15, 0.2) is 36.8 Å². The van der Waals surface area contributed by atoms with E-state index in [1.165, 1.54) is 35.2 Å². The predicted molar refractivity (Wildman–Crippen MR) is 144 cm³/mol. The summed E-state index contributed by atoms with van der Waals surface area (Å²) in [5.41, 5.74) is 6.90. The van der Waals surface area contributed by atoms with Crippen LogP contribution < -0.4 is 16.4 Å². The van der Waals surface area contributed by atoms with Gasteiger partial charge in [-0.1, -0.05) is 26.0 Å². The monoisotopic (exact) mass is 555 g/mol. The molecule has 1 aromatic heterocycles. The van der Waals surface area contributed by atoms with Gasteiger partial charge in [-0.25, -0.2) is 4.98 Å². The normalized spacial score (nSPS) is 17.7. The van der Waals surface area contributed by atoms with Gasteiger partial charge in [0.1, 0.15) is 29.9 Å². The molecule has 6 N–H and O–H groups in total. The van der Waals surface area contributed by atoms with E-state index in [0.29, 0.717) is 11.3 Å². The van der Waals surface area contributed by atoms with E-state index in [2.05, 4.69) is 20.6 Å². The molecule has 0 bridgehead atoms. The smallest absolute Gasteiger partial charge is 0.246 e. The first-order valence-corrected chi connectivity index (χ1v) is 13.1. The molecule has 1 aromatic carbocycles. The Balaban J connectivity index is 1.74. The number of benzene rings is 1. The third kappa shape index (κ3) is 7.36. The standard InChI is InChI=1S/C27H37N7O6/c1-15(2)23(25(38)32-21(24(28)37)11-18-5-7-20(36)8-6-18)34-10-9-33(16(3)26(34)39)27(40)22(31-17(4)35)12-19-13-29-14-30-19/h5-8,13-16,21-23,36H,9-12H2,1-4H3,(H2,28,37)(H,29,30)(H,31,35)(H,32,38)/t16-,21?,22?,23?/m0/s1. The van der Waals surface area contributed by atoms with Gasteiger partial charge in [0.2, 0.25) is 29.5 Å². The van der Waals surface area contributed by atoms with Gasteiger partial charge in [0, 0.05) is 44.7 Å². The molecule has 5 amide bonds. The second-order valence-electron chi connectivity index (χ2n) is 10.3. The molecule has 3 rings (SSSR count). The highest BCUT2D eigenvalue weighted by Gasteiger charge is 2.43. The molecule has 0 spiro atoms. The third-order valence-corrected chi connectivity index (χ3v) is 6.90. The van der Waals surface area contributed by atoms with Gasteiger partial charge < -0.3 is 36.3 Å². The predicted octanol–water partition coefficient (Wildman–Crippen LogP) is -0.541. The number of H-pyrrole nitrogens is 1. The van der Waals surface area contributed by atoms with Crippen molar-refractivity contribution >= 4 is 29.5 Å². The van der Waals surface area contributed by atoms with E-state index in [9.17, 15) is 29.1 Å². The molecule has 1 aliphatic heterocycles. The van der Waals surface area contributed by atoms with Crippen molar-refractivity contribution in [1.82, 2.24) is 30.4 Å². The summed E-state index contributed by atoms with van der Waals surface area (Å²) in [7, 11) is 0. The number of imidazole rings is 1. The lowest BCUT2D eigenvalue weighted by molar-refractivity contribution is -0.157. The number of primary amides is 1. The van der Waals surface area contributed by atoms with Crippen molar-refractivity contribution in [3.05, 3.63) is 48.0 Å². The third-order valence-electron chi connectivity index (χ3n) is 6.90. The Morgan fingerprint density at radius 3 is 2.33 bits per heavy atom. The van der Waals surface area contributed by atoms with Gasteiger partial charge in [-0.15, -0.1) is 0 Å². The van der Waals surface area contributed by atoms with Crippen molar-refractivity contribution < 1.29 is 29.1 Å². The Labute approximate surface area is 232 Å². The summed E-state index contributed by atoms with van der Waals surface area (Å²) in [5.74, 6) is -2.74. The molecule has 1 fully saturated rings. The molecule has 4 atom stereocenters. The number of phenols is 1. The number of nitrogens with zero attached hydrogens (tertiary/aromatic N) is 3. The van der Waals surface area contributed by atoms with Crippen LogP contribution in [0.3, 0.4) is 0 Å². The summed E-state index contributed by atoms with van der Waals surface area (Å²) in [5, 5.41) is 14.8. The molecule has 40 heavy (non-hydrogen) atoms. The minimum Gasteiger partial charge on any atom is -0.508 e. The molecular formula is C27H37N7O6. The fraction of sp³-hybridized carbons (Fsp3) is 0.481. The first kappa shape index (κ1) is 30.1. The summed E-state index contributed by atoms with van der Waals surface area (Å²) in [6.07, 6.45) is 3.31. The maximum absolute atomic E-state index is 13.5. The van der Waals surface area contributed by atoms with E-state index in [1.807, 2.05) is 0 Å². The maximum atomic E-state index is 13.5. The van der Waals surface area contributed by atoms with Crippen molar-refractivity contribution in [3.8, 4) is 5.75 Å². The Hall–Kier alpha value is -4.42. The second-order valence-corrected chi connectivity index (χ2v) is 10.3. The van der Waals surface area contributed by atoms with E-state index in [0.717, 1.165) is 0 Å². The lowest BCUT2D eigenvalue weighted by Gasteiger charge is -2.44. The average Bonchev–Trinajstić information content (AvgIpc) is 3.39. The minimum atomic E-state index is -1.03. The number of amides is 5. The van der Waals surface area contributed by atoms with Crippen LogP contribution in [0.2, 0.25) is 0 Å². The summed E-state index contributed by atoms with van der Waals surface area (Å²) in [4.78, 5) is 74.0. The fourth-order valence-corrected chi connectivity index (χ4v) is 4.88. The van der Waals surface area contributed by atoms with Crippen LogP contribution in [0.25, 0.3) is 0 Å². The number of hydrogen-bond acceptors (Lipinski definition) is 7. The Kier molecular flexibility index (Phi) is 9.86. The molecule has 0 radical (unpaired) electrons. The zero-order valence-corrected chi connectivity index (χ0v) is 23.1. The van der Waals surface area contributed by atoms with Crippen LogP contribution >= 0.6 is 0 Å². The zero-order chi connectivity index (χ0) is 29.6. The van der Waals surface area contributed by atoms with Gasteiger partial charge in [0.25, 0.3) is 0 Å². The largest absolute Gasteiger partial charge is 0.508 e. The number of aromatic nitrogens is 2. The lowest BCUT2D eigenvalue weighted by atomic mass is 9.97. The quantitative estimate of drug-likeness (QED) is 0.246. The topological polar surface area (TPSA) is 191 Å². The number of carbonyl (C=O) groups is 5. The molecule has 1 saturated heterocycles. The minimum absolute atomic E-state index is 0.0678. The molecule has 0 aliphatic carbocycles. The highest BCUT2D eigenvalue weighted by molar-refractivity contribution is 5.96. The van der Waals surface area contributed by atoms with Gasteiger partial charge in [-0.3, -0.25) is 24.0 Å². The number of aromatic hydroxyl groups is 1. The molecule has 0 saturated carbocycles. The molecule has 3 unspecified atom stereocenters. The SMILES string of the molecule is CC(=O)NC(Cc1cnc[nH]1)C(=O)N1CCN(C(C(=O)NC(Cc2ccc(O)cc2)C(N)=O)C(C)C)C(=O)[C@@H]1C. The molecular weight excluding hydrogens is 518 g/mol. The molecule has 1 aliphatic rings. The number of hydrogen-bond donors (Lipinski definition) is 5. The zero-order valence-electron chi connectivity index (χ0n) is 23.1. The van der Waals surface area contributed by atoms with Gasteiger partial charge in [-0.2, -0.15) is 0 Å². The summed E-state index contributed by atoms with van der Waals surface area (Å²) in [6, 6.07) is 2.45. The van der Waals surface area contributed by atoms with Crippen LogP contribution in [-0.2, 0) is 36.8 Å². The van der Waals surface area contributed by atoms with E-state index in [-0.39, 0.29) is 43.5 Å².